The first-order chi connectivity index (χ1) is 9.25. The highest BCUT2D eigenvalue weighted by atomic mass is 35.5. The molecule has 9 heteroatoms. The fraction of sp³-hybridized carbons (Fsp3) is 0.182. The van der Waals surface area contributed by atoms with Crippen molar-refractivity contribution in [1.29, 1.82) is 0 Å². The Morgan fingerprint density at radius 3 is 2.35 bits per heavy atom. The summed E-state index contributed by atoms with van der Waals surface area (Å²) in [7, 11) is 0. The predicted molar refractivity (Wildman–Crippen MR) is 64.5 cm³/mol. The van der Waals surface area contributed by atoms with Gasteiger partial charge in [-0.15, -0.1) is 0 Å². The average Bonchev–Trinajstić information content (AvgIpc) is 2.69. The summed E-state index contributed by atoms with van der Waals surface area (Å²) in [4.78, 5) is 0. The minimum absolute atomic E-state index is 0.0397. The second kappa shape index (κ2) is 5.23. The van der Waals surface area contributed by atoms with Gasteiger partial charge in [0, 0.05) is 11.6 Å². The first-order valence-electron chi connectivity index (χ1n) is 5.16. The molecule has 1 aromatic heterocycles. The third-order valence-electron chi connectivity index (χ3n) is 2.50. The van der Waals surface area contributed by atoms with Crippen LogP contribution in [0, 0.1) is 5.82 Å². The van der Waals surface area contributed by atoms with E-state index in [-0.39, 0.29) is 10.7 Å². The van der Waals surface area contributed by atoms with Crippen LogP contribution in [0.15, 0.2) is 18.2 Å². The Morgan fingerprint density at radius 1 is 1.25 bits per heavy atom. The molecule has 0 unspecified atom stereocenters. The fourth-order valence-electron chi connectivity index (χ4n) is 1.59. The summed E-state index contributed by atoms with van der Waals surface area (Å²) in [6, 6.07) is 3.31. The van der Waals surface area contributed by atoms with Gasteiger partial charge in [-0.2, -0.15) is 18.3 Å². The van der Waals surface area contributed by atoms with Gasteiger partial charge in [-0.1, -0.05) is 23.2 Å². The van der Waals surface area contributed by atoms with Gasteiger partial charge in [0.2, 0.25) is 0 Å². The van der Waals surface area contributed by atoms with Crippen LogP contribution in [0.1, 0.15) is 11.3 Å². The molecule has 0 spiro atoms. The number of benzene rings is 1. The minimum Gasteiger partial charge on any atom is -0.391 e. The van der Waals surface area contributed by atoms with Crippen molar-refractivity contribution in [2.45, 2.75) is 12.8 Å². The van der Waals surface area contributed by atoms with E-state index in [4.69, 9.17) is 28.3 Å². The molecule has 1 aromatic carbocycles. The van der Waals surface area contributed by atoms with Gasteiger partial charge in [0.15, 0.2) is 5.69 Å². The van der Waals surface area contributed by atoms with E-state index >= 15 is 0 Å². The molecule has 2 rings (SSSR count). The van der Waals surface area contributed by atoms with Gasteiger partial charge >= 0.3 is 6.18 Å². The molecule has 108 valence electrons. The zero-order valence-corrected chi connectivity index (χ0v) is 11.1. The maximum atomic E-state index is 13.3. The zero-order chi connectivity index (χ0) is 15.1. The number of nitrogens with zero attached hydrogens (tertiary/aromatic N) is 2. The van der Waals surface area contributed by atoms with Crippen LogP contribution in [0.3, 0.4) is 0 Å². The van der Waals surface area contributed by atoms with Crippen molar-refractivity contribution >= 4 is 23.2 Å². The first kappa shape index (κ1) is 15.1. The van der Waals surface area contributed by atoms with E-state index in [0.29, 0.717) is 4.68 Å². The van der Waals surface area contributed by atoms with Crippen molar-refractivity contribution in [3.63, 3.8) is 0 Å². The lowest BCUT2D eigenvalue weighted by molar-refractivity contribution is -0.142. The molecular weight excluding hydrogens is 323 g/mol. The fourth-order valence-corrected chi connectivity index (χ4v) is 1.99. The molecule has 0 saturated carbocycles. The van der Waals surface area contributed by atoms with Gasteiger partial charge in [-0.3, -0.25) is 0 Å². The van der Waals surface area contributed by atoms with Gasteiger partial charge in [0.05, 0.1) is 17.3 Å². The maximum absolute atomic E-state index is 13.3. The van der Waals surface area contributed by atoms with E-state index in [9.17, 15) is 17.6 Å². The molecule has 0 atom stereocenters. The molecule has 1 N–H and O–H groups in total. The molecule has 2 aromatic rings. The summed E-state index contributed by atoms with van der Waals surface area (Å²) in [5.74, 6) is -0.824. The van der Waals surface area contributed by atoms with Crippen molar-refractivity contribution in [2.24, 2.45) is 0 Å². The van der Waals surface area contributed by atoms with E-state index in [0.717, 1.165) is 12.1 Å². The summed E-state index contributed by atoms with van der Waals surface area (Å²) in [5, 5.41) is 11.6. The highest BCUT2D eigenvalue weighted by molar-refractivity contribution is 6.31. The quantitative estimate of drug-likeness (QED) is 0.851. The molecule has 0 aliphatic carbocycles. The average molecular weight is 329 g/mol. The third kappa shape index (κ3) is 2.61. The Balaban J connectivity index is 2.63. The lowest BCUT2D eigenvalue weighted by Crippen LogP contribution is -2.09. The summed E-state index contributed by atoms with van der Waals surface area (Å²) in [5.41, 5.74) is -1.93. The van der Waals surface area contributed by atoms with Crippen LogP contribution in [0.25, 0.3) is 5.69 Å². The van der Waals surface area contributed by atoms with Gasteiger partial charge < -0.3 is 5.11 Å². The van der Waals surface area contributed by atoms with Crippen molar-refractivity contribution in [3.8, 4) is 5.69 Å². The maximum Gasteiger partial charge on any atom is 0.435 e. The van der Waals surface area contributed by atoms with Crippen LogP contribution in [-0.2, 0) is 12.8 Å². The topological polar surface area (TPSA) is 38.1 Å². The molecule has 0 amide bonds. The lowest BCUT2D eigenvalue weighted by atomic mass is 10.2. The van der Waals surface area contributed by atoms with E-state index in [1.807, 2.05) is 0 Å². The van der Waals surface area contributed by atoms with E-state index < -0.39 is 35.0 Å². The van der Waals surface area contributed by atoms with E-state index in [1.54, 1.807) is 0 Å². The number of halogens is 6. The SMILES string of the molecule is OCc1c(C(F)(F)F)nn(-c2ccc(Cl)c(F)c2)c1Cl. The molecule has 0 aliphatic heterocycles. The Bertz CT molecular complexity index is 655. The van der Waals surface area contributed by atoms with E-state index in [1.165, 1.54) is 6.07 Å². The lowest BCUT2D eigenvalue weighted by Gasteiger charge is -2.04. The van der Waals surface area contributed by atoms with Crippen molar-refractivity contribution in [3.05, 3.63) is 45.4 Å². The van der Waals surface area contributed by atoms with Gasteiger partial charge in [-0.25, -0.2) is 9.07 Å². The predicted octanol–water partition coefficient (Wildman–Crippen LogP) is 3.83. The Hall–Kier alpha value is -1.31. The molecule has 0 radical (unpaired) electrons. The van der Waals surface area contributed by atoms with Crippen LogP contribution < -0.4 is 0 Å². The number of hydrogen-bond donors (Lipinski definition) is 1. The zero-order valence-electron chi connectivity index (χ0n) is 9.55. The smallest absolute Gasteiger partial charge is 0.391 e. The van der Waals surface area contributed by atoms with Gasteiger partial charge in [-0.05, 0) is 12.1 Å². The number of aromatic nitrogens is 2. The molecule has 3 nitrogen and oxygen atoms in total. The Labute approximate surface area is 120 Å². The van der Waals surface area contributed by atoms with Gasteiger partial charge in [0.1, 0.15) is 11.0 Å². The highest BCUT2D eigenvalue weighted by Crippen LogP contribution is 2.35. The monoisotopic (exact) mass is 328 g/mol. The van der Waals surface area contributed by atoms with Crippen molar-refractivity contribution in [1.82, 2.24) is 9.78 Å². The Kier molecular flexibility index (Phi) is 3.95. The number of alkyl halides is 3. The normalized spacial score (nSPS) is 11.9. The number of hydrogen-bond acceptors (Lipinski definition) is 2. The molecule has 0 saturated heterocycles. The standard InChI is InChI=1S/C11H6Cl2F4N2O/c12-7-2-1-5(3-8(7)14)19-10(13)6(4-20)9(18-19)11(15,16)17/h1-3,20H,4H2. The summed E-state index contributed by atoms with van der Waals surface area (Å²) >= 11 is 11.2. The van der Waals surface area contributed by atoms with Crippen LogP contribution in [-0.4, -0.2) is 14.9 Å². The van der Waals surface area contributed by atoms with Crippen LogP contribution >= 0.6 is 23.2 Å². The van der Waals surface area contributed by atoms with Crippen LogP contribution in [0.4, 0.5) is 17.6 Å². The molecule has 0 fully saturated rings. The highest BCUT2D eigenvalue weighted by Gasteiger charge is 2.39. The number of aliphatic hydroxyl groups excluding tert-OH is 1. The second-order valence-corrected chi connectivity index (χ2v) is 4.55. The summed E-state index contributed by atoms with van der Waals surface area (Å²) in [6.07, 6.45) is -4.78. The molecule has 1 heterocycles. The first-order valence-corrected chi connectivity index (χ1v) is 5.92. The molecule has 20 heavy (non-hydrogen) atoms. The number of rotatable bonds is 2. The van der Waals surface area contributed by atoms with E-state index in [2.05, 4.69) is 5.10 Å². The molecule has 0 bridgehead atoms. The third-order valence-corrected chi connectivity index (χ3v) is 3.19. The van der Waals surface area contributed by atoms with Crippen molar-refractivity contribution < 1.29 is 22.7 Å². The molecule has 0 aliphatic rings. The number of aliphatic hydroxyl groups is 1. The largest absolute Gasteiger partial charge is 0.435 e. The van der Waals surface area contributed by atoms with Crippen molar-refractivity contribution in [2.75, 3.05) is 0 Å². The second-order valence-electron chi connectivity index (χ2n) is 3.78. The summed E-state index contributed by atoms with van der Waals surface area (Å²) < 4.78 is 52.3. The summed E-state index contributed by atoms with van der Waals surface area (Å²) in [6.45, 7) is -0.941. The van der Waals surface area contributed by atoms with Crippen LogP contribution in [0.2, 0.25) is 10.2 Å². The Morgan fingerprint density at radius 2 is 1.90 bits per heavy atom. The molecular formula is C11H6Cl2F4N2O. The van der Waals surface area contributed by atoms with Crippen LogP contribution in [0.5, 0.6) is 0 Å². The minimum atomic E-state index is -4.78. The van der Waals surface area contributed by atoms with Gasteiger partial charge in [0.25, 0.3) is 0 Å².